The Morgan fingerprint density at radius 1 is 1.18 bits per heavy atom. The molecule has 1 aromatic heterocycles. The Hall–Kier alpha value is -2.77. The van der Waals surface area contributed by atoms with Crippen LogP contribution in [0.2, 0.25) is 0 Å². The average Bonchev–Trinajstić information content (AvgIpc) is 3.08. The zero-order chi connectivity index (χ0) is 15.9. The van der Waals surface area contributed by atoms with Crippen LogP contribution in [0.3, 0.4) is 0 Å². The number of rotatable bonds is 6. The van der Waals surface area contributed by atoms with Gasteiger partial charge in [-0.25, -0.2) is 9.48 Å². The molecule has 1 heterocycles. The Morgan fingerprint density at radius 2 is 1.86 bits per heavy atom. The van der Waals surface area contributed by atoms with Crippen LogP contribution < -0.4 is 0 Å². The minimum absolute atomic E-state index is 0.205. The molecule has 8 heteroatoms. The molecule has 1 aromatic carbocycles. The van der Waals surface area contributed by atoms with Crippen molar-refractivity contribution in [1.82, 2.24) is 25.1 Å². The van der Waals surface area contributed by atoms with Gasteiger partial charge in [0.15, 0.2) is 6.61 Å². The molecular weight excluding hydrogens is 286 g/mol. The van der Waals surface area contributed by atoms with E-state index < -0.39 is 5.97 Å². The van der Waals surface area contributed by atoms with E-state index in [0.717, 1.165) is 5.69 Å². The van der Waals surface area contributed by atoms with Crippen LogP contribution in [0.15, 0.2) is 30.6 Å². The van der Waals surface area contributed by atoms with Crippen molar-refractivity contribution in [1.29, 1.82) is 0 Å². The molecule has 0 fully saturated rings. The van der Waals surface area contributed by atoms with E-state index in [2.05, 4.69) is 15.5 Å². The molecule has 0 bridgehead atoms. The predicted octanol–water partition coefficient (Wildman–Crippen LogP) is 0.687. The summed E-state index contributed by atoms with van der Waals surface area (Å²) in [6.45, 7) is 4.68. The summed E-state index contributed by atoms with van der Waals surface area (Å²) in [6, 6.07) is 6.58. The highest BCUT2D eigenvalue weighted by molar-refractivity contribution is 5.91. The van der Waals surface area contributed by atoms with Crippen LogP contribution in [0.1, 0.15) is 24.2 Å². The normalized spacial score (nSPS) is 10.3. The molecule has 0 aliphatic rings. The quantitative estimate of drug-likeness (QED) is 0.729. The topological polar surface area (TPSA) is 90.2 Å². The summed E-state index contributed by atoms with van der Waals surface area (Å²) >= 11 is 0. The first-order valence-electron chi connectivity index (χ1n) is 6.94. The van der Waals surface area contributed by atoms with Crippen LogP contribution in [0.25, 0.3) is 5.69 Å². The summed E-state index contributed by atoms with van der Waals surface area (Å²) in [5.41, 5.74) is 1.09. The summed E-state index contributed by atoms with van der Waals surface area (Å²) in [7, 11) is 0. The highest BCUT2D eigenvalue weighted by atomic mass is 16.5. The van der Waals surface area contributed by atoms with Crippen LogP contribution in [-0.4, -0.2) is 56.7 Å². The number of tetrazole rings is 1. The lowest BCUT2D eigenvalue weighted by Crippen LogP contribution is -2.34. The number of carbonyl (C=O) groups excluding carboxylic acids is 2. The summed E-state index contributed by atoms with van der Waals surface area (Å²) in [5.74, 6) is -0.743. The SMILES string of the molecule is CCN(CC)C(=O)COC(=O)c1ccc(-n2cnnn2)cc1. The van der Waals surface area contributed by atoms with Gasteiger partial charge in [-0.05, 0) is 48.5 Å². The molecule has 8 nitrogen and oxygen atoms in total. The van der Waals surface area contributed by atoms with E-state index in [-0.39, 0.29) is 12.5 Å². The molecule has 22 heavy (non-hydrogen) atoms. The van der Waals surface area contributed by atoms with Gasteiger partial charge in [0, 0.05) is 13.1 Å². The molecule has 0 spiro atoms. The maximum atomic E-state index is 11.9. The number of nitrogens with zero attached hydrogens (tertiary/aromatic N) is 5. The lowest BCUT2D eigenvalue weighted by molar-refractivity contribution is -0.134. The second-order valence-corrected chi connectivity index (χ2v) is 4.44. The number of aromatic nitrogens is 4. The fraction of sp³-hybridized carbons (Fsp3) is 0.357. The molecule has 2 aromatic rings. The minimum Gasteiger partial charge on any atom is -0.452 e. The summed E-state index contributed by atoms with van der Waals surface area (Å²) in [6.07, 6.45) is 1.45. The highest BCUT2D eigenvalue weighted by Crippen LogP contribution is 2.09. The van der Waals surface area contributed by atoms with Gasteiger partial charge in [0.1, 0.15) is 6.33 Å². The summed E-state index contributed by atoms with van der Waals surface area (Å²) in [4.78, 5) is 25.3. The van der Waals surface area contributed by atoms with Crippen molar-refractivity contribution < 1.29 is 14.3 Å². The molecule has 0 unspecified atom stereocenters. The van der Waals surface area contributed by atoms with Crippen molar-refractivity contribution in [3.8, 4) is 5.69 Å². The van der Waals surface area contributed by atoms with Gasteiger partial charge in [-0.2, -0.15) is 0 Å². The zero-order valence-corrected chi connectivity index (χ0v) is 12.5. The van der Waals surface area contributed by atoms with Crippen LogP contribution >= 0.6 is 0 Å². The van der Waals surface area contributed by atoms with Crippen LogP contribution in [0, 0.1) is 0 Å². The standard InChI is InChI=1S/C14H17N5O3/c1-3-18(4-2)13(20)9-22-14(21)11-5-7-12(8-6-11)19-10-15-16-17-19/h5-8,10H,3-4,9H2,1-2H3. The molecule has 1 amide bonds. The first-order valence-corrected chi connectivity index (χ1v) is 6.94. The van der Waals surface area contributed by atoms with Crippen molar-refractivity contribution in [2.45, 2.75) is 13.8 Å². The van der Waals surface area contributed by atoms with Gasteiger partial charge in [-0.1, -0.05) is 0 Å². The van der Waals surface area contributed by atoms with E-state index in [0.29, 0.717) is 18.7 Å². The Labute approximate surface area is 127 Å². The largest absolute Gasteiger partial charge is 0.452 e. The number of amides is 1. The molecule has 0 atom stereocenters. The lowest BCUT2D eigenvalue weighted by atomic mass is 10.2. The zero-order valence-electron chi connectivity index (χ0n) is 12.5. The first-order chi connectivity index (χ1) is 10.7. The maximum Gasteiger partial charge on any atom is 0.338 e. The monoisotopic (exact) mass is 303 g/mol. The third kappa shape index (κ3) is 3.66. The van der Waals surface area contributed by atoms with Crippen LogP contribution in [0.4, 0.5) is 0 Å². The van der Waals surface area contributed by atoms with Gasteiger partial charge >= 0.3 is 5.97 Å². The Kier molecular flexibility index (Phi) is 5.18. The van der Waals surface area contributed by atoms with Gasteiger partial charge in [0.2, 0.25) is 0 Å². The highest BCUT2D eigenvalue weighted by Gasteiger charge is 2.14. The second kappa shape index (κ2) is 7.30. The van der Waals surface area contributed by atoms with E-state index >= 15 is 0 Å². The fourth-order valence-electron chi connectivity index (χ4n) is 1.91. The number of esters is 1. The number of benzene rings is 1. The van der Waals surface area contributed by atoms with Crippen molar-refractivity contribution in [2.24, 2.45) is 0 Å². The van der Waals surface area contributed by atoms with E-state index in [1.54, 1.807) is 29.2 Å². The molecule has 0 saturated carbocycles. The molecule has 0 radical (unpaired) electrons. The van der Waals surface area contributed by atoms with Crippen molar-refractivity contribution >= 4 is 11.9 Å². The molecule has 0 aliphatic carbocycles. The maximum absolute atomic E-state index is 11.9. The first kappa shape index (κ1) is 15.6. The molecular formula is C14H17N5O3. The predicted molar refractivity (Wildman–Crippen MR) is 77.4 cm³/mol. The number of hydrogen-bond donors (Lipinski definition) is 0. The fourth-order valence-corrected chi connectivity index (χ4v) is 1.91. The van der Waals surface area contributed by atoms with Gasteiger partial charge < -0.3 is 9.64 Å². The molecule has 0 aliphatic heterocycles. The van der Waals surface area contributed by atoms with E-state index in [1.807, 2.05) is 13.8 Å². The number of likely N-dealkylation sites (N-methyl/N-ethyl adjacent to an activating group) is 1. The van der Waals surface area contributed by atoms with E-state index in [1.165, 1.54) is 11.0 Å². The second-order valence-electron chi connectivity index (χ2n) is 4.44. The summed E-state index contributed by atoms with van der Waals surface area (Å²) < 4.78 is 6.50. The lowest BCUT2D eigenvalue weighted by Gasteiger charge is -2.18. The number of ether oxygens (including phenoxy) is 1. The number of carbonyl (C=O) groups is 2. The van der Waals surface area contributed by atoms with Crippen LogP contribution in [0.5, 0.6) is 0 Å². The smallest absolute Gasteiger partial charge is 0.338 e. The third-order valence-corrected chi connectivity index (χ3v) is 3.16. The molecule has 2 rings (SSSR count). The van der Waals surface area contributed by atoms with Gasteiger partial charge in [0.05, 0.1) is 11.3 Å². The van der Waals surface area contributed by atoms with Gasteiger partial charge in [-0.15, -0.1) is 5.10 Å². The summed E-state index contributed by atoms with van der Waals surface area (Å²) in [5, 5.41) is 10.8. The van der Waals surface area contributed by atoms with Crippen molar-refractivity contribution in [2.75, 3.05) is 19.7 Å². The van der Waals surface area contributed by atoms with Gasteiger partial charge in [0.25, 0.3) is 5.91 Å². The average molecular weight is 303 g/mol. The Balaban J connectivity index is 1.94. The van der Waals surface area contributed by atoms with Gasteiger partial charge in [-0.3, -0.25) is 4.79 Å². The number of hydrogen-bond acceptors (Lipinski definition) is 6. The van der Waals surface area contributed by atoms with E-state index in [9.17, 15) is 9.59 Å². The molecule has 116 valence electrons. The van der Waals surface area contributed by atoms with E-state index in [4.69, 9.17) is 4.74 Å². The van der Waals surface area contributed by atoms with Crippen LogP contribution in [-0.2, 0) is 9.53 Å². The Morgan fingerprint density at radius 3 is 2.41 bits per heavy atom. The Bertz CT molecular complexity index is 620. The van der Waals surface area contributed by atoms with Crippen molar-refractivity contribution in [3.63, 3.8) is 0 Å². The van der Waals surface area contributed by atoms with Crippen molar-refractivity contribution in [3.05, 3.63) is 36.2 Å². The molecule has 0 saturated heterocycles. The molecule has 0 N–H and O–H groups in total. The minimum atomic E-state index is -0.538. The third-order valence-electron chi connectivity index (χ3n) is 3.16.